The molecule has 2 rings (SSSR count). The molecule has 0 amide bonds. The van der Waals surface area contributed by atoms with E-state index in [0.29, 0.717) is 6.54 Å². The maximum atomic E-state index is 5.95. The summed E-state index contributed by atoms with van der Waals surface area (Å²) >= 11 is 0. The Labute approximate surface area is 108 Å². The lowest BCUT2D eigenvalue weighted by Crippen LogP contribution is -2.41. The van der Waals surface area contributed by atoms with Gasteiger partial charge in [-0.05, 0) is 39.2 Å². The van der Waals surface area contributed by atoms with E-state index < -0.39 is 7.12 Å². The number of aromatic amines is 1. The van der Waals surface area contributed by atoms with E-state index in [4.69, 9.17) is 15.0 Å². The molecule has 0 aliphatic carbocycles. The first-order chi connectivity index (χ1) is 8.36. The molecule has 18 heavy (non-hydrogen) atoms. The molecule has 98 valence electrons. The largest absolute Gasteiger partial charge is 0.491 e. The molecule has 0 bridgehead atoms. The zero-order valence-corrected chi connectivity index (χ0v) is 11.4. The van der Waals surface area contributed by atoms with Gasteiger partial charge in [-0.3, -0.25) is 0 Å². The summed E-state index contributed by atoms with van der Waals surface area (Å²) in [6, 6.07) is 0. The predicted molar refractivity (Wildman–Crippen MR) is 71.7 cm³/mol. The van der Waals surface area contributed by atoms with Crippen LogP contribution in [0, 0.1) is 0 Å². The topological polar surface area (TPSA) is 73.2 Å². The Morgan fingerprint density at radius 2 is 2.00 bits per heavy atom. The van der Waals surface area contributed by atoms with Crippen LogP contribution in [-0.4, -0.2) is 34.8 Å². The molecule has 1 fully saturated rings. The number of aromatic nitrogens is 2. The van der Waals surface area contributed by atoms with Crippen LogP contribution in [0.4, 0.5) is 0 Å². The van der Waals surface area contributed by atoms with Crippen LogP contribution in [0.5, 0.6) is 0 Å². The van der Waals surface area contributed by atoms with Gasteiger partial charge in [0.05, 0.1) is 11.2 Å². The fourth-order valence-corrected chi connectivity index (χ4v) is 1.75. The number of rotatable bonds is 3. The van der Waals surface area contributed by atoms with Crippen LogP contribution >= 0.6 is 0 Å². The quantitative estimate of drug-likeness (QED) is 0.794. The van der Waals surface area contributed by atoms with E-state index >= 15 is 0 Å². The second-order valence-electron chi connectivity index (χ2n) is 5.49. The van der Waals surface area contributed by atoms with Gasteiger partial charge in [0, 0.05) is 18.9 Å². The van der Waals surface area contributed by atoms with Gasteiger partial charge >= 0.3 is 7.12 Å². The summed E-state index contributed by atoms with van der Waals surface area (Å²) in [6.45, 7) is 8.46. The van der Waals surface area contributed by atoms with Crippen molar-refractivity contribution in [3.05, 3.63) is 23.7 Å². The lowest BCUT2D eigenvalue weighted by atomic mass is 9.78. The second kappa shape index (κ2) is 4.53. The van der Waals surface area contributed by atoms with Gasteiger partial charge in [0.1, 0.15) is 5.82 Å². The van der Waals surface area contributed by atoms with Gasteiger partial charge in [-0.15, -0.1) is 0 Å². The Hall–Kier alpha value is -1.11. The van der Waals surface area contributed by atoms with Crippen LogP contribution in [0.2, 0.25) is 0 Å². The smallest absolute Gasteiger partial charge is 0.400 e. The Bertz CT molecular complexity index is 424. The molecule has 0 spiro atoms. The van der Waals surface area contributed by atoms with Gasteiger partial charge in [-0.1, -0.05) is 0 Å². The molecule has 6 heteroatoms. The van der Waals surface area contributed by atoms with E-state index in [9.17, 15) is 0 Å². The van der Waals surface area contributed by atoms with E-state index in [-0.39, 0.29) is 11.2 Å². The summed E-state index contributed by atoms with van der Waals surface area (Å²) in [7, 11) is -0.412. The Morgan fingerprint density at radius 1 is 1.39 bits per heavy atom. The third-order valence-corrected chi connectivity index (χ3v) is 3.63. The van der Waals surface area contributed by atoms with E-state index in [1.54, 1.807) is 12.4 Å². The van der Waals surface area contributed by atoms with Gasteiger partial charge in [-0.25, -0.2) is 4.98 Å². The van der Waals surface area contributed by atoms with Crippen molar-refractivity contribution in [3.8, 4) is 0 Å². The SMILES string of the molecule is CC1(C)OB(C(=Cc2ncc[nH]2)CN)OC1(C)C. The summed E-state index contributed by atoms with van der Waals surface area (Å²) < 4.78 is 11.9. The molecular weight excluding hydrogens is 229 g/mol. The Balaban J connectivity index is 2.22. The van der Waals surface area contributed by atoms with E-state index in [0.717, 1.165) is 11.3 Å². The highest BCUT2D eigenvalue weighted by molar-refractivity contribution is 6.55. The average Bonchev–Trinajstić information content (AvgIpc) is 2.82. The number of hydrogen-bond acceptors (Lipinski definition) is 4. The van der Waals surface area contributed by atoms with Crippen LogP contribution in [0.3, 0.4) is 0 Å². The summed E-state index contributed by atoms with van der Waals surface area (Å²) in [5, 5.41) is 0. The average molecular weight is 249 g/mol. The first kappa shape index (κ1) is 13.3. The lowest BCUT2D eigenvalue weighted by molar-refractivity contribution is 0.00578. The first-order valence-corrected chi connectivity index (χ1v) is 6.11. The third kappa shape index (κ3) is 2.36. The Kier molecular flexibility index (Phi) is 3.36. The molecule has 0 atom stereocenters. The highest BCUT2D eigenvalue weighted by atomic mass is 16.7. The highest BCUT2D eigenvalue weighted by Crippen LogP contribution is 2.38. The molecule has 0 saturated carbocycles. The second-order valence-corrected chi connectivity index (χ2v) is 5.49. The molecular formula is C12H20BN3O2. The molecule has 0 radical (unpaired) electrons. The number of nitrogens with two attached hydrogens (primary N) is 1. The normalized spacial score (nSPS) is 22.5. The minimum atomic E-state index is -0.412. The molecule has 3 N–H and O–H groups in total. The maximum absolute atomic E-state index is 5.95. The predicted octanol–water partition coefficient (Wildman–Crippen LogP) is 1.38. The van der Waals surface area contributed by atoms with Crippen molar-refractivity contribution in [1.29, 1.82) is 0 Å². The number of H-pyrrole nitrogens is 1. The van der Waals surface area contributed by atoms with Crippen LogP contribution < -0.4 is 5.73 Å². The van der Waals surface area contributed by atoms with E-state index in [1.165, 1.54) is 0 Å². The minimum Gasteiger partial charge on any atom is -0.400 e. The van der Waals surface area contributed by atoms with E-state index in [2.05, 4.69) is 9.97 Å². The minimum absolute atomic E-state index is 0.352. The summed E-state index contributed by atoms with van der Waals surface area (Å²) in [6.07, 6.45) is 5.34. The van der Waals surface area contributed by atoms with Crippen molar-refractivity contribution in [2.75, 3.05) is 6.54 Å². The maximum Gasteiger partial charge on any atom is 0.491 e. The van der Waals surface area contributed by atoms with Crippen molar-refractivity contribution < 1.29 is 9.31 Å². The van der Waals surface area contributed by atoms with Crippen LogP contribution in [0.15, 0.2) is 17.9 Å². The molecule has 1 aromatic heterocycles. The molecule has 2 heterocycles. The number of nitrogens with one attached hydrogen (secondary N) is 1. The third-order valence-electron chi connectivity index (χ3n) is 3.63. The van der Waals surface area contributed by atoms with Crippen LogP contribution in [0.1, 0.15) is 33.5 Å². The van der Waals surface area contributed by atoms with E-state index in [1.807, 2.05) is 33.8 Å². The van der Waals surface area contributed by atoms with Crippen LogP contribution in [0.25, 0.3) is 6.08 Å². The molecule has 1 saturated heterocycles. The summed E-state index contributed by atoms with van der Waals surface area (Å²) in [5.74, 6) is 0.755. The molecule has 1 aliphatic rings. The molecule has 1 aliphatic heterocycles. The molecule has 0 unspecified atom stereocenters. The van der Waals surface area contributed by atoms with Crippen LogP contribution in [-0.2, 0) is 9.31 Å². The fraction of sp³-hybridized carbons (Fsp3) is 0.583. The van der Waals surface area contributed by atoms with Crippen molar-refractivity contribution in [2.24, 2.45) is 5.73 Å². The van der Waals surface area contributed by atoms with Gasteiger partial charge in [0.15, 0.2) is 0 Å². The van der Waals surface area contributed by atoms with Gasteiger partial charge in [0.25, 0.3) is 0 Å². The highest BCUT2D eigenvalue weighted by Gasteiger charge is 2.52. The first-order valence-electron chi connectivity index (χ1n) is 6.11. The van der Waals surface area contributed by atoms with Crippen molar-refractivity contribution in [2.45, 2.75) is 38.9 Å². The van der Waals surface area contributed by atoms with Crippen molar-refractivity contribution >= 4 is 13.2 Å². The Morgan fingerprint density at radius 3 is 2.44 bits per heavy atom. The zero-order valence-electron chi connectivity index (χ0n) is 11.4. The lowest BCUT2D eigenvalue weighted by Gasteiger charge is -2.32. The number of imidazole rings is 1. The number of nitrogens with zero attached hydrogens (tertiary/aromatic N) is 1. The summed E-state index contributed by atoms with van der Waals surface area (Å²) in [4.78, 5) is 7.16. The van der Waals surface area contributed by atoms with Gasteiger partial charge < -0.3 is 20.0 Å². The standard InChI is InChI=1S/C12H20BN3O2/c1-11(2)12(3,4)18-13(17-11)9(8-14)7-10-15-5-6-16-10/h5-7H,8,14H2,1-4H3,(H,15,16). The van der Waals surface area contributed by atoms with Crippen molar-refractivity contribution in [1.82, 2.24) is 9.97 Å². The summed E-state index contributed by atoms with van der Waals surface area (Å²) in [5.41, 5.74) is 5.95. The molecule has 1 aromatic rings. The van der Waals surface area contributed by atoms with Gasteiger partial charge in [0.2, 0.25) is 0 Å². The number of hydrogen-bond donors (Lipinski definition) is 2. The fourth-order valence-electron chi connectivity index (χ4n) is 1.75. The van der Waals surface area contributed by atoms with Gasteiger partial charge in [-0.2, -0.15) is 0 Å². The molecule has 5 nitrogen and oxygen atoms in total. The van der Waals surface area contributed by atoms with Crippen molar-refractivity contribution in [3.63, 3.8) is 0 Å². The molecule has 0 aromatic carbocycles. The monoisotopic (exact) mass is 249 g/mol. The zero-order chi connectivity index (χ0) is 13.4.